The molecule has 35 heavy (non-hydrogen) atoms. The van der Waals surface area contributed by atoms with Crippen LogP contribution in [0.2, 0.25) is 5.02 Å². The van der Waals surface area contributed by atoms with E-state index in [0.717, 1.165) is 47.4 Å². The number of thioether (sulfide) groups is 1. The van der Waals surface area contributed by atoms with Crippen molar-refractivity contribution in [1.82, 2.24) is 0 Å². The molecule has 4 rings (SSSR count). The molecule has 0 radical (unpaired) electrons. The number of amides is 2. The molecule has 0 saturated heterocycles. The molecule has 2 aromatic carbocycles. The summed E-state index contributed by atoms with van der Waals surface area (Å²) in [5.74, 6) is -0.713. The lowest BCUT2D eigenvalue weighted by Gasteiger charge is -2.09. The topological polar surface area (TPSA) is 84.5 Å². The molecule has 0 unspecified atom stereocenters. The number of ether oxygens (including phenoxy) is 1. The van der Waals surface area contributed by atoms with Crippen LogP contribution >= 0.6 is 34.7 Å². The number of nitrogens with one attached hydrogen (secondary N) is 2. The van der Waals surface area contributed by atoms with Gasteiger partial charge in [0.25, 0.3) is 5.91 Å². The number of hydrogen-bond donors (Lipinski definition) is 2. The van der Waals surface area contributed by atoms with Gasteiger partial charge in [-0.3, -0.25) is 9.59 Å². The lowest BCUT2D eigenvalue weighted by molar-refractivity contribution is -0.113. The summed E-state index contributed by atoms with van der Waals surface area (Å²) in [5.41, 5.74) is 2.60. The number of anilines is 2. The first-order valence-electron chi connectivity index (χ1n) is 11.3. The van der Waals surface area contributed by atoms with E-state index in [0.29, 0.717) is 26.8 Å². The number of carbonyl (C=O) groups excluding carboxylic acids is 3. The molecular formula is C26H25ClN2O4S2. The molecule has 9 heteroatoms. The predicted octanol–water partition coefficient (Wildman–Crippen LogP) is 6.44. The number of carbonyl (C=O) groups is 3. The zero-order chi connectivity index (χ0) is 24.8. The average Bonchev–Trinajstić information content (AvgIpc) is 3.02. The van der Waals surface area contributed by atoms with Crippen LogP contribution in [-0.2, 0) is 22.4 Å². The fourth-order valence-corrected chi connectivity index (χ4v) is 6.20. The zero-order valence-corrected chi connectivity index (χ0v) is 21.6. The number of halogens is 1. The summed E-state index contributed by atoms with van der Waals surface area (Å²) in [4.78, 5) is 39.7. The SMILES string of the molecule is COC(=O)c1c(NC(=O)CSc2cccc(NC(=O)c3cccc(Cl)c3)c2)sc2c1CCCCC2. The number of esters is 1. The fraction of sp³-hybridized carbons (Fsp3) is 0.269. The van der Waals surface area contributed by atoms with Gasteiger partial charge in [-0.05, 0) is 67.6 Å². The van der Waals surface area contributed by atoms with Crippen molar-refractivity contribution >= 4 is 63.2 Å². The Hall–Kier alpha value is -2.81. The molecule has 0 spiro atoms. The van der Waals surface area contributed by atoms with Crippen LogP contribution in [-0.4, -0.2) is 30.6 Å². The van der Waals surface area contributed by atoms with Crippen molar-refractivity contribution in [3.8, 4) is 0 Å². The van der Waals surface area contributed by atoms with Crippen LogP contribution in [0.3, 0.4) is 0 Å². The summed E-state index contributed by atoms with van der Waals surface area (Å²) in [6, 6.07) is 14.0. The Labute approximate surface area is 217 Å². The first-order valence-corrected chi connectivity index (χ1v) is 13.4. The van der Waals surface area contributed by atoms with Gasteiger partial charge in [0.1, 0.15) is 5.00 Å². The van der Waals surface area contributed by atoms with Gasteiger partial charge in [-0.25, -0.2) is 4.79 Å². The van der Waals surface area contributed by atoms with Gasteiger partial charge in [0.2, 0.25) is 5.91 Å². The van der Waals surface area contributed by atoms with Crippen LogP contribution in [0.5, 0.6) is 0 Å². The minimum atomic E-state index is -0.407. The molecule has 1 aromatic heterocycles. The molecule has 1 heterocycles. The maximum absolute atomic E-state index is 12.7. The zero-order valence-electron chi connectivity index (χ0n) is 19.2. The maximum atomic E-state index is 12.7. The van der Waals surface area contributed by atoms with Gasteiger partial charge in [0, 0.05) is 26.0 Å². The van der Waals surface area contributed by atoms with Crippen molar-refractivity contribution in [3.05, 3.63) is 75.1 Å². The van der Waals surface area contributed by atoms with Gasteiger partial charge >= 0.3 is 5.97 Å². The Morgan fingerprint density at radius 2 is 1.83 bits per heavy atom. The number of hydrogen-bond acceptors (Lipinski definition) is 6. The van der Waals surface area contributed by atoms with Crippen LogP contribution in [0.25, 0.3) is 0 Å². The lowest BCUT2D eigenvalue weighted by Crippen LogP contribution is -2.16. The molecule has 0 atom stereocenters. The first kappa shape index (κ1) is 25.3. The quantitative estimate of drug-likeness (QED) is 0.209. The van der Waals surface area contributed by atoms with Crippen molar-refractivity contribution < 1.29 is 19.1 Å². The molecule has 182 valence electrons. The number of fused-ring (bicyclic) bond motifs is 1. The first-order chi connectivity index (χ1) is 16.9. The summed E-state index contributed by atoms with van der Waals surface area (Å²) < 4.78 is 5.01. The standard InChI is InChI=1S/C26H25ClN2O4S2/c1-33-26(32)23-20-11-3-2-4-12-21(20)35-25(23)29-22(30)15-34-19-10-6-9-18(14-19)28-24(31)16-7-5-8-17(27)13-16/h5-10,13-14H,2-4,11-12,15H2,1H3,(H,28,31)(H,29,30). The van der Waals surface area contributed by atoms with Crippen LogP contribution < -0.4 is 10.6 Å². The second-order valence-corrected chi connectivity index (χ2v) is 10.7. The Morgan fingerprint density at radius 1 is 1.03 bits per heavy atom. The molecule has 1 aliphatic carbocycles. The predicted molar refractivity (Wildman–Crippen MR) is 142 cm³/mol. The Kier molecular flexibility index (Phi) is 8.49. The maximum Gasteiger partial charge on any atom is 0.341 e. The average molecular weight is 529 g/mol. The molecular weight excluding hydrogens is 504 g/mol. The van der Waals surface area contributed by atoms with Crippen molar-refractivity contribution in [3.63, 3.8) is 0 Å². The fourth-order valence-electron chi connectivity index (χ4n) is 3.96. The Morgan fingerprint density at radius 3 is 2.63 bits per heavy atom. The number of thiophene rings is 1. The molecule has 0 bridgehead atoms. The molecule has 2 amide bonds. The number of rotatable bonds is 7. The van der Waals surface area contributed by atoms with E-state index in [9.17, 15) is 14.4 Å². The van der Waals surface area contributed by atoms with Crippen LogP contribution in [0.4, 0.5) is 10.7 Å². The summed E-state index contributed by atoms with van der Waals surface area (Å²) in [6.45, 7) is 0. The normalized spacial score (nSPS) is 12.9. The van der Waals surface area contributed by atoms with Gasteiger partial charge < -0.3 is 15.4 Å². The van der Waals surface area contributed by atoms with Crippen molar-refractivity contribution in [1.29, 1.82) is 0 Å². The van der Waals surface area contributed by atoms with Crippen molar-refractivity contribution in [2.75, 3.05) is 23.5 Å². The molecule has 0 saturated carbocycles. The Balaban J connectivity index is 1.40. The third-order valence-corrected chi connectivity index (χ3v) is 8.05. The van der Waals surface area contributed by atoms with E-state index in [1.807, 2.05) is 18.2 Å². The highest BCUT2D eigenvalue weighted by atomic mass is 35.5. The highest BCUT2D eigenvalue weighted by Gasteiger charge is 2.26. The van der Waals surface area contributed by atoms with Gasteiger partial charge in [0.15, 0.2) is 0 Å². The minimum absolute atomic E-state index is 0.162. The molecule has 0 fully saturated rings. The highest BCUT2D eigenvalue weighted by molar-refractivity contribution is 8.00. The van der Waals surface area contributed by atoms with Gasteiger partial charge in [-0.2, -0.15) is 0 Å². The van der Waals surface area contributed by atoms with E-state index in [1.165, 1.54) is 30.2 Å². The largest absolute Gasteiger partial charge is 0.465 e. The van der Waals surface area contributed by atoms with Crippen molar-refractivity contribution in [2.24, 2.45) is 0 Å². The summed E-state index contributed by atoms with van der Waals surface area (Å²) in [7, 11) is 1.36. The van der Waals surface area contributed by atoms with E-state index in [-0.39, 0.29) is 17.6 Å². The highest BCUT2D eigenvalue weighted by Crippen LogP contribution is 2.38. The summed E-state index contributed by atoms with van der Waals surface area (Å²) >= 11 is 8.80. The summed E-state index contributed by atoms with van der Waals surface area (Å²) in [6.07, 6.45) is 5.00. The second kappa shape index (κ2) is 11.7. The minimum Gasteiger partial charge on any atom is -0.465 e. The molecule has 2 N–H and O–H groups in total. The molecule has 6 nitrogen and oxygen atoms in total. The number of benzene rings is 2. The van der Waals surface area contributed by atoms with Gasteiger partial charge in [0.05, 0.1) is 18.4 Å². The smallest absolute Gasteiger partial charge is 0.341 e. The van der Waals surface area contributed by atoms with E-state index in [1.54, 1.807) is 30.3 Å². The van der Waals surface area contributed by atoms with E-state index < -0.39 is 5.97 Å². The molecule has 0 aliphatic heterocycles. The van der Waals surface area contributed by atoms with Gasteiger partial charge in [-0.1, -0.05) is 30.2 Å². The van der Waals surface area contributed by atoms with Crippen molar-refractivity contribution in [2.45, 2.75) is 37.0 Å². The van der Waals surface area contributed by atoms with E-state index in [2.05, 4.69) is 10.6 Å². The van der Waals surface area contributed by atoms with Crippen LogP contribution in [0.1, 0.15) is 50.4 Å². The molecule has 1 aliphatic rings. The van der Waals surface area contributed by atoms with E-state index in [4.69, 9.17) is 16.3 Å². The Bertz CT molecular complexity index is 1260. The number of methoxy groups -OCH3 is 1. The number of aryl methyl sites for hydroxylation is 1. The van der Waals surface area contributed by atoms with E-state index >= 15 is 0 Å². The van der Waals surface area contributed by atoms with Crippen LogP contribution in [0, 0.1) is 0 Å². The third kappa shape index (κ3) is 6.45. The second-order valence-electron chi connectivity index (χ2n) is 8.09. The van der Waals surface area contributed by atoms with Crippen LogP contribution in [0.15, 0.2) is 53.4 Å². The summed E-state index contributed by atoms with van der Waals surface area (Å²) in [5, 5.41) is 6.83. The van der Waals surface area contributed by atoms with Gasteiger partial charge in [-0.15, -0.1) is 23.1 Å². The lowest BCUT2D eigenvalue weighted by atomic mass is 10.1. The monoisotopic (exact) mass is 528 g/mol. The molecule has 3 aromatic rings. The third-order valence-electron chi connectivity index (χ3n) is 5.61.